The quantitative estimate of drug-likeness (QED) is 0.900. The maximum Gasteiger partial charge on any atom is 0.335 e. The fraction of sp³-hybridized carbons (Fsp3) is 0.0769. The second-order valence-corrected chi connectivity index (χ2v) is 5.89. The predicted molar refractivity (Wildman–Crippen MR) is 73.1 cm³/mol. The molecule has 0 amide bonds. The van der Waals surface area contributed by atoms with Crippen LogP contribution in [0.2, 0.25) is 0 Å². The molecule has 0 aliphatic heterocycles. The number of pyridine rings is 1. The van der Waals surface area contributed by atoms with Gasteiger partial charge in [-0.3, -0.25) is 9.71 Å². The average molecular weight is 310 g/mol. The Balaban J connectivity index is 2.38. The fourth-order valence-electron chi connectivity index (χ4n) is 1.67. The number of halogens is 1. The van der Waals surface area contributed by atoms with Crippen LogP contribution in [0.5, 0.6) is 0 Å². The van der Waals surface area contributed by atoms with Crippen LogP contribution in [0.4, 0.5) is 10.1 Å². The van der Waals surface area contributed by atoms with Crippen LogP contribution in [0.1, 0.15) is 16.1 Å². The summed E-state index contributed by atoms with van der Waals surface area (Å²) < 4.78 is 40.2. The first-order valence-corrected chi connectivity index (χ1v) is 7.26. The lowest BCUT2D eigenvalue weighted by molar-refractivity contribution is 0.0696. The zero-order chi connectivity index (χ0) is 15.6. The number of carboxylic acid groups (broad SMARTS) is 1. The molecule has 0 atom stereocenters. The van der Waals surface area contributed by atoms with Gasteiger partial charge in [0.25, 0.3) is 10.0 Å². The third kappa shape index (κ3) is 3.34. The van der Waals surface area contributed by atoms with Crippen molar-refractivity contribution < 1.29 is 22.7 Å². The summed E-state index contributed by atoms with van der Waals surface area (Å²) in [4.78, 5) is 14.0. The first-order valence-electron chi connectivity index (χ1n) is 5.78. The molecule has 2 rings (SSSR count). The first-order chi connectivity index (χ1) is 9.79. The van der Waals surface area contributed by atoms with Gasteiger partial charge in [0, 0.05) is 11.9 Å². The Morgan fingerprint density at radius 3 is 2.57 bits per heavy atom. The molecule has 0 saturated heterocycles. The Hall–Kier alpha value is -2.48. The number of carboxylic acids is 1. The van der Waals surface area contributed by atoms with Crippen LogP contribution in [-0.2, 0) is 10.0 Å². The summed E-state index contributed by atoms with van der Waals surface area (Å²) in [6.07, 6.45) is 1.41. The lowest BCUT2D eigenvalue weighted by atomic mass is 10.2. The van der Waals surface area contributed by atoms with Crippen LogP contribution in [0, 0.1) is 12.7 Å². The van der Waals surface area contributed by atoms with Gasteiger partial charge in [0.15, 0.2) is 0 Å². The molecule has 1 heterocycles. The summed E-state index contributed by atoms with van der Waals surface area (Å²) in [5.74, 6) is -2.47. The van der Waals surface area contributed by atoms with Crippen molar-refractivity contribution in [2.45, 2.75) is 11.8 Å². The van der Waals surface area contributed by atoms with Crippen molar-refractivity contribution in [3.05, 3.63) is 53.6 Å². The molecule has 6 nitrogen and oxygen atoms in total. The van der Waals surface area contributed by atoms with Gasteiger partial charge in [-0.25, -0.2) is 17.6 Å². The molecule has 0 bridgehead atoms. The Morgan fingerprint density at radius 2 is 2.00 bits per heavy atom. The fourth-order valence-corrected chi connectivity index (χ4v) is 2.78. The number of nitrogens with one attached hydrogen (secondary N) is 1. The third-order valence-electron chi connectivity index (χ3n) is 2.62. The van der Waals surface area contributed by atoms with Gasteiger partial charge in [0.05, 0.1) is 11.3 Å². The number of rotatable bonds is 4. The maximum atomic E-state index is 13.8. The minimum Gasteiger partial charge on any atom is -0.478 e. The molecule has 0 saturated carbocycles. The molecule has 0 aliphatic rings. The van der Waals surface area contributed by atoms with Gasteiger partial charge >= 0.3 is 5.97 Å². The Labute approximate surface area is 120 Å². The summed E-state index contributed by atoms with van der Waals surface area (Å²) in [5, 5.41) is 8.73. The first kappa shape index (κ1) is 14.9. The molecule has 21 heavy (non-hydrogen) atoms. The van der Waals surface area contributed by atoms with E-state index in [1.54, 1.807) is 6.92 Å². The van der Waals surface area contributed by atoms with Gasteiger partial charge < -0.3 is 5.11 Å². The van der Waals surface area contributed by atoms with Crippen molar-refractivity contribution in [2.24, 2.45) is 0 Å². The van der Waals surface area contributed by atoms with E-state index in [1.165, 1.54) is 18.3 Å². The van der Waals surface area contributed by atoms with Crippen molar-refractivity contribution in [3.8, 4) is 0 Å². The van der Waals surface area contributed by atoms with Gasteiger partial charge in [0.1, 0.15) is 10.7 Å². The van der Waals surface area contributed by atoms with E-state index >= 15 is 0 Å². The molecule has 110 valence electrons. The highest BCUT2D eigenvalue weighted by atomic mass is 32.2. The molecule has 0 spiro atoms. The normalized spacial score (nSPS) is 11.1. The number of anilines is 1. The molecular formula is C13H11FN2O4S. The molecule has 1 aromatic carbocycles. The van der Waals surface area contributed by atoms with E-state index in [2.05, 4.69) is 9.71 Å². The van der Waals surface area contributed by atoms with E-state index in [0.29, 0.717) is 11.8 Å². The minimum atomic E-state index is -4.15. The van der Waals surface area contributed by atoms with Gasteiger partial charge in [0.2, 0.25) is 0 Å². The molecule has 0 radical (unpaired) electrons. The Morgan fingerprint density at radius 1 is 1.29 bits per heavy atom. The number of benzene rings is 1. The summed E-state index contributed by atoms with van der Waals surface area (Å²) in [6, 6.07) is 5.51. The van der Waals surface area contributed by atoms with Gasteiger partial charge in [-0.2, -0.15) is 0 Å². The largest absolute Gasteiger partial charge is 0.478 e. The molecule has 0 unspecified atom stereocenters. The molecule has 0 fully saturated rings. The van der Waals surface area contributed by atoms with Gasteiger partial charge in [-0.05, 0) is 37.3 Å². The van der Waals surface area contributed by atoms with Crippen molar-refractivity contribution in [2.75, 3.05) is 4.72 Å². The van der Waals surface area contributed by atoms with Crippen LogP contribution < -0.4 is 4.72 Å². The lowest BCUT2D eigenvalue weighted by Gasteiger charge is -2.09. The Bertz CT molecular complexity index is 806. The predicted octanol–water partition coefficient (Wildman–Crippen LogP) is 2.03. The molecule has 2 aromatic rings. The standard InChI is InChI=1S/C13H11FN2O4S/c1-8-6-10(4-5-15-8)16-21(19,20)12-3-2-9(13(17)18)7-11(12)14/h2-7H,1H3,(H,15,16)(H,17,18). The summed E-state index contributed by atoms with van der Waals surface area (Å²) in [6.45, 7) is 1.68. The van der Waals surface area contributed by atoms with Gasteiger partial charge in [-0.15, -0.1) is 0 Å². The average Bonchev–Trinajstić information content (AvgIpc) is 2.37. The lowest BCUT2D eigenvalue weighted by Crippen LogP contribution is -2.15. The molecule has 0 aliphatic carbocycles. The van der Waals surface area contributed by atoms with Crippen molar-refractivity contribution in [1.29, 1.82) is 0 Å². The number of nitrogens with zero attached hydrogens (tertiary/aromatic N) is 1. The molecule has 2 N–H and O–H groups in total. The Kier molecular flexibility index (Phi) is 3.90. The van der Waals surface area contributed by atoms with Crippen LogP contribution in [0.15, 0.2) is 41.4 Å². The second kappa shape index (κ2) is 5.49. The summed E-state index contributed by atoms with van der Waals surface area (Å²) in [7, 11) is -4.15. The highest BCUT2D eigenvalue weighted by Crippen LogP contribution is 2.20. The van der Waals surface area contributed by atoms with E-state index < -0.39 is 26.7 Å². The smallest absolute Gasteiger partial charge is 0.335 e. The topological polar surface area (TPSA) is 96.4 Å². The van der Waals surface area contributed by atoms with E-state index in [1.807, 2.05) is 0 Å². The van der Waals surface area contributed by atoms with E-state index in [0.717, 1.165) is 12.1 Å². The summed E-state index contributed by atoms with van der Waals surface area (Å²) >= 11 is 0. The van der Waals surface area contributed by atoms with E-state index in [9.17, 15) is 17.6 Å². The monoisotopic (exact) mass is 310 g/mol. The summed E-state index contributed by atoms with van der Waals surface area (Å²) in [5.41, 5.74) is 0.507. The van der Waals surface area contributed by atoms with Crippen molar-refractivity contribution >= 4 is 21.7 Å². The zero-order valence-corrected chi connectivity index (χ0v) is 11.7. The molecule has 8 heteroatoms. The van der Waals surface area contributed by atoms with Crippen LogP contribution in [-0.4, -0.2) is 24.5 Å². The zero-order valence-electron chi connectivity index (χ0n) is 10.9. The van der Waals surface area contributed by atoms with Gasteiger partial charge in [-0.1, -0.05) is 0 Å². The highest BCUT2D eigenvalue weighted by Gasteiger charge is 2.20. The third-order valence-corrected chi connectivity index (χ3v) is 4.03. The highest BCUT2D eigenvalue weighted by molar-refractivity contribution is 7.92. The van der Waals surface area contributed by atoms with E-state index in [-0.39, 0.29) is 11.3 Å². The number of carbonyl (C=O) groups is 1. The number of hydrogen-bond donors (Lipinski definition) is 2. The van der Waals surface area contributed by atoms with Crippen molar-refractivity contribution in [3.63, 3.8) is 0 Å². The number of aromatic carboxylic acids is 1. The van der Waals surface area contributed by atoms with Crippen LogP contribution in [0.3, 0.4) is 0 Å². The number of sulfonamides is 1. The number of aromatic nitrogens is 1. The van der Waals surface area contributed by atoms with Crippen molar-refractivity contribution in [1.82, 2.24) is 4.98 Å². The van der Waals surface area contributed by atoms with Crippen LogP contribution in [0.25, 0.3) is 0 Å². The number of hydrogen-bond acceptors (Lipinski definition) is 4. The maximum absolute atomic E-state index is 13.8. The number of aryl methyl sites for hydroxylation is 1. The molecule has 1 aromatic heterocycles. The SMILES string of the molecule is Cc1cc(NS(=O)(=O)c2ccc(C(=O)O)cc2F)ccn1. The second-order valence-electron chi connectivity index (χ2n) is 4.24. The molecular weight excluding hydrogens is 299 g/mol. The van der Waals surface area contributed by atoms with E-state index in [4.69, 9.17) is 5.11 Å². The van der Waals surface area contributed by atoms with Crippen LogP contribution >= 0.6 is 0 Å². The minimum absolute atomic E-state index is 0.240.